The molecule has 0 aromatic heterocycles. The Morgan fingerprint density at radius 1 is 1.25 bits per heavy atom. The zero-order chi connectivity index (χ0) is 12.4. The Hall–Kier alpha value is -0.690. The van der Waals surface area contributed by atoms with E-state index in [9.17, 15) is 4.79 Å². The first-order valence-corrected chi connectivity index (χ1v) is 5.37. The highest BCUT2D eigenvalue weighted by molar-refractivity contribution is 5.72. The zero-order valence-electron chi connectivity index (χ0n) is 9.85. The van der Waals surface area contributed by atoms with Gasteiger partial charge in [0, 0.05) is 0 Å². The summed E-state index contributed by atoms with van der Waals surface area (Å²) < 4.78 is 15.3. The number of hydrogen-bond acceptors (Lipinski definition) is 5. The molecule has 0 fully saturated rings. The average Bonchev–Trinajstić information content (AvgIpc) is 2.21. The molecular weight excluding hydrogens is 214 g/mol. The maximum atomic E-state index is 10.6. The first-order valence-electron chi connectivity index (χ1n) is 5.37. The highest BCUT2D eigenvalue weighted by Crippen LogP contribution is 1.97. The molecule has 96 valence electrons. The molecule has 0 saturated heterocycles. The largest absolute Gasteiger partial charge is 0.479 e. The fourth-order valence-electron chi connectivity index (χ4n) is 1.01. The molecule has 0 bridgehead atoms. The van der Waals surface area contributed by atoms with E-state index in [4.69, 9.17) is 25.1 Å². The van der Waals surface area contributed by atoms with Gasteiger partial charge < -0.3 is 25.1 Å². The maximum absolute atomic E-state index is 10.6. The van der Waals surface area contributed by atoms with Crippen LogP contribution in [-0.2, 0) is 19.0 Å². The third kappa shape index (κ3) is 8.60. The molecule has 2 unspecified atom stereocenters. The van der Waals surface area contributed by atoms with Crippen molar-refractivity contribution >= 4 is 5.97 Å². The Balaban J connectivity index is 3.29. The standard InChI is InChI=1S/C10H21NO5/c1-3-9(10(12)13)16-7-5-14-4-6-15-8(2)11/h8-9H,3-7,11H2,1-2H3,(H,12,13). The lowest BCUT2D eigenvalue weighted by atomic mass is 10.3. The summed E-state index contributed by atoms with van der Waals surface area (Å²) in [7, 11) is 0. The minimum absolute atomic E-state index is 0.267. The van der Waals surface area contributed by atoms with E-state index >= 15 is 0 Å². The van der Waals surface area contributed by atoms with E-state index in [1.807, 2.05) is 0 Å². The average molecular weight is 235 g/mol. The summed E-state index contributed by atoms with van der Waals surface area (Å²) in [4.78, 5) is 10.6. The molecule has 6 heteroatoms. The third-order valence-corrected chi connectivity index (χ3v) is 1.80. The van der Waals surface area contributed by atoms with Crippen molar-refractivity contribution in [2.45, 2.75) is 32.6 Å². The van der Waals surface area contributed by atoms with Gasteiger partial charge in [0.05, 0.1) is 26.4 Å². The quantitative estimate of drug-likeness (QED) is 0.415. The molecule has 0 saturated carbocycles. The fourth-order valence-corrected chi connectivity index (χ4v) is 1.01. The molecule has 0 rings (SSSR count). The number of rotatable bonds is 10. The molecule has 0 aliphatic carbocycles. The molecule has 6 nitrogen and oxygen atoms in total. The third-order valence-electron chi connectivity index (χ3n) is 1.80. The molecule has 0 heterocycles. The van der Waals surface area contributed by atoms with Crippen LogP contribution in [0.5, 0.6) is 0 Å². The number of aliphatic carboxylic acids is 1. The summed E-state index contributed by atoms with van der Waals surface area (Å²) >= 11 is 0. The van der Waals surface area contributed by atoms with E-state index in [1.165, 1.54) is 0 Å². The first-order chi connectivity index (χ1) is 7.57. The first kappa shape index (κ1) is 15.3. The van der Waals surface area contributed by atoms with Gasteiger partial charge in [-0.3, -0.25) is 0 Å². The lowest BCUT2D eigenvalue weighted by molar-refractivity contribution is -0.151. The molecule has 2 atom stereocenters. The Morgan fingerprint density at radius 2 is 1.81 bits per heavy atom. The van der Waals surface area contributed by atoms with Crippen LogP contribution in [0, 0.1) is 0 Å². The second-order valence-electron chi connectivity index (χ2n) is 3.29. The van der Waals surface area contributed by atoms with Gasteiger partial charge in [0.1, 0.15) is 6.23 Å². The van der Waals surface area contributed by atoms with Crippen LogP contribution in [0.1, 0.15) is 20.3 Å². The van der Waals surface area contributed by atoms with Gasteiger partial charge in [-0.05, 0) is 13.3 Å². The zero-order valence-corrected chi connectivity index (χ0v) is 9.85. The Morgan fingerprint density at radius 3 is 2.25 bits per heavy atom. The van der Waals surface area contributed by atoms with Crippen LogP contribution < -0.4 is 5.73 Å². The Bertz CT molecular complexity index is 186. The molecule has 0 aliphatic heterocycles. The van der Waals surface area contributed by atoms with E-state index in [1.54, 1.807) is 13.8 Å². The highest BCUT2D eigenvalue weighted by Gasteiger charge is 2.14. The number of carboxylic acids is 1. The van der Waals surface area contributed by atoms with Crippen LogP contribution in [0.25, 0.3) is 0 Å². The highest BCUT2D eigenvalue weighted by atomic mass is 16.6. The Kier molecular flexibility index (Phi) is 9.12. The van der Waals surface area contributed by atoms with Crippen LogP contribution >= 0.6 is 0 Å². The molecule has 0 aliphatic rings. The second-order valence-corrected chi connectivity index (χ2v) is 3.29. The van der Waals surface area contributed by atoms with E-state index in [2.05, 4.69) is 0 Å². The number of carbonyl (C=O) groups is 1. The lowest BCUT2D eigenvalue weighted by Gasteiger charge is -2.12. The molecule has 3 N–H and O–H groups in total. The SMILES string of the molecule is CCC(OCCOCCOC(C)N)C(=O)O. The second kappa shape index (κ2) is 9.53. The van der Waals surface area contributed by atoms with Gasteiger partial charge in [-0.1, -0.05) is 6.92 Å². The molecule has 0 aromatic carbocycles. The van der Waals surface area contributed by atoms with Crippen LogP contribution in [0.15, 0.2) is 0 Å². The number of ether oxygens (including phenoxy) is 3. The van der Waals surface area contributed by atoms with E-state index in [-0.39, 0.29) is 12.8 Å². The number of carboxylic acid groups (broad SMARTS) is 1. The van der Waals surface area contributed by atoms with E-state index in [0.29, 0.717) is 26.2 Å². The molecule has 0 radical (unpaired) electrons. The summed E-state index contributed by atoms with van der Waals surface area (Å²) in [6.07, 6.45) is -0.594. The summed E-state index contributed by atoms with van der Waals surface area (Å²) in [5.41, 5.74) is 5.36. The fraction of sp³-hybridized carbons (Fsp3) is 0.900. The van der Waals surface area contributed by atoms with Crippen molar-refractivity contribution in [1.82, 2.24) is 0 Å². The van der Waals surface area contributed by atoms with Crippen molar-refractivity contribution in [2.75, 3.05) is 26.4 Å². The summed E-state index contributed by atoms with van der Waals surface area (Å²) in [6.45, 7) is 4.97. The smallest absolute Gasteiger partial charge is 0.332 e. The van der Waals surface area contributed by atoms with Crippen molar-refractivity contribution in [2.24, 2.45) is 5.73 Å². The molecule has 16 heavy (non-hydrogen) atoms. The van der Waals surface area contributed by atoms with Gasteiger partial charge in [-0.25, -0.2) is 4.79 Å². The summed E-state index contributed by atoms with van der Waals surface area (Å²) in [5, 5.41) is 8.68. The summed E-state index contributed by atoms with van der Waals surface area (Å²) in [5.74, 6) is -0.942. The normalized spacial score (nSPS) is 14.7. The summed E-state index contributed by atoms with van der Waals surface area (Å²) in [6, 6.07) is 0. The van der Waals surface area contributed by atoms with Crippen LogP contribution in [0.2, 0.25) is 0 Å². The molecular formula is C10H21NO5. The predicted octanol–water partition coefficient (Wildman–Crippen LogP) is 0.204. The van der Waals surface area contributed by atoms with Gasteiger partial charge in [-0.2, -0.15) is 0 Å². The van der Waals surface area contributed by atoms with Gasteiger partial charge >= 0.3 is 5.97 Å². The van der Waals surface area contributed by atoms with Crippen molar-refractivity contribution in [3.8, 4) is 0 Å². The van der Waals surface area contributed by atoms with Crippen molar-refractivity contribution in [3.05, 3.63) is 0 Å². The topological polar surface area (TPSA) is 91.0 Å². The monoisotopic (exact) mass is 235 g/mol. The maximum Gasteiger partial charge on any atom is 0.332 e. The van der Waals surface area contributed by atoms with Gasteiger partial charge in [0.25, 0.3) is 0 Å². The number of nitrogens with two attached hydrogens (primary N) is 1. The lowest BCUT2D eigenvalue weighted by Crippen LogP contribution is -2.25. The Labute approximate surface area is 95.7 Å². The number of hydrogen-bond donors (Lipinski definition) is 2. The minimum atomic E-state index is -0.942. The van der Waals surface area contributed by atoms with Gasteiger partial charge in [0.15, 0.2) is 6.10 Å². The predicted molar refractivity (Wildman–Crippen MR) is 58.1 cm³/mol. The van der Waals surface area contributed by atoms with E-state index < -0.39 is 12.1 Å². The minimum Gasteiger partial charge on any atom is -0.479 e. The van der Waals surface area contributed by atoms with Crippen molar-refractivity contribution in [3.63, 3.8) is 0 Å². The molecule has 0 amide bonds. The van der Waals surface area contributed by atoms with Gasteiger partial charge in [-0.15, -0.1) is 0 Å². The van der Waals surface area contributed by atoms with Crippen molar-refractivity contribution < 1.29 is 24.1 Å². The van der Waals surface area contributed by atoms with Crippen LogP contribution in [0.4, 0.5) is 0 Å². The van der Waals surface area contributed by atoms with Gasteiger partial charge in [0.2, 0.25) is 0 Å². The molecule has 0 spiro atoms. The van der Waals surface area contributed by atoms with Crippen molar-refractivity contribution in [1.29, 1.82) is 0 Å². The van der Waals surface area contributed by atoms with Crippen LogP contribution in [0.3, 0.4) is 0 Å². The van der Waals surface area contributed by atoms with Crippen LogP contribution in [-0.4, -0.2) is 49.8 Å². The molecule has 0 aromatic rings. The van der Waals surface area contributed by atoms with E-state index in [0.717, 1.165) is 0 Å².